The van der Waals surface area contributed by atoms with Crippen LogP contribution in [-0.4, -0.2) is 29.8 Å². The van der Waals surface area contributed by atoms with Crippen molar-refractivity contribution in [2.75, 3.05) is 19.0 Å². The molecule has 0 bridgehead atoms. The van der Waals surface area contributed by atoms with E-state index in [2.05, 4.69) is 6.92 Å². The van der Waals surface area contributed by atoms with Crippen molar-refractivity contribution >= 4 is 17.5 Å². The van der Waals surface area contributed by atoms with Gasteiger partial charge in [-0.3, -0.25) is 4.79 Å². The average molecular weight is 204 g/mol. The lowest BCUT2D eigenvalue weighted by atomic mass is 9.99. The number of nitrogens with zero attached hydrogens (tertiary/aromatic N) is 1. The summed E-state index contributed by atoms with van der Waals surface area (Å²) in [6.07, 6.45) is 3.75. The van der Waals surface area contributed by atoms with Crippen molar-refractivity contribution < 1.29 is 4.79 Å². The first kappa shape index (κ1) is 10.8. The van der Waals surface area contributed by atoms with Crippen molar-refractivity contribution in [1.82, 2.24) is 4.90 Å². The Hall–Kier alpha value is -0.240. The summed E-state index contributed by atoms with van der Waals surface area (Å²) in [5.41, 5.74) is 0. The molecule has 13 heavy (non-hydrogen) atoms. The molecule has 3 heteroatoms. The van der Waals surface area contributed by atoms with Crippen LogP contribution in [0.2, 0.25) is 0 Å². The zero-order chi connectivity index (χ0) is 9.68. The van der Waals surface area contributed by atoms with E-state index in [1.165, 1.54) is 0 Å². The van der Waals surface area contributed by atoms with Crippen LogP contribution in [0.15, 0.2) is 0 Å². The Labute approximate surface area is 85.2 Å². The van der Waals surface area contributed by atoms with E-state index in [1.54, 1.807) is 0 Å². The van der Waals surface area contributed by atoms with Gasteiger partial charge in [-0.25, -0.2) is 0 Å². The smallest absolute Gasteiger partial charge is 0.222 e. The van der Waals surface area contributed by atoms with Gasteiger partial charge in [0, 0.05) is 25.4 Å². The molecule has 1 aliphatic heterocycles. The molecule has 0 aliphatic carbocycles. The van der Waals surface area contributed by atoms with Gasteiger partial charge in [0.05, 0.1) is 0 Å². The minimum absolute atomic E-state index is 0.285. The highest BCUT2D eigenvalue weighted by atomic mass is 35.5. The average Bonchev–Trinajstić information content (AvgIpc) is 2.15. The Kier molecular flexibility index (Phi) is 4.57. The van der Waals surface area contributed by atoms with Crippen LogP contribution in [0, 0.1) is 5.92 Å². The fourth-order valence-electron chi connectivity index (χ4n) is 1.63. The Bertz CT molecular complexity index is 164. The molecule has 1 amide bonds. The molecule has 1 saturated heterocycles. The van der Waals surface area contributed by atoms with Gasteiger partial charge in [0.2, 0.25) is 5.91 Å². The molecule has 1 rings (SSSR count). The van der Waals surface area contributed by atoms with Gasteiger partial charge in [-0.2, -0.15) is 0 Å². The molecule has 0 atom stereocenters. The first-order valence-electron chi connectivity index (χ1n) is 5.07. The summed E-state index contributed by atoms with van der Waals surface area (Å²) in [7, 11) is 0. The maximum atomic E-state index is 11.5. The molecule has 0 saturated carbocycles. The zero-order valence-corrected chi connectivity index (χ0v) is 9.02. The number of hydrogen-bond acceptors (Lipinski definition) is 1. The van der Waals surface area contributed by atoms with Gasteiger partial charge < -0.3 is 4.90 Å². The van der Waals surface area contributed by atoms with Gasteiger partial charge >= 0.3 is 0 Å². The predicted octanol–water partition coefficient (Wildman–Crippen LogP) is 2.26. The van der Waals surface area contributed by atoms with Crippen molar-refractivity contribution in [2.24, 2.45) is 5.92 Å². The lowest BCUT2D eigenvalue weighted by Crippen LogP contribution is -2.37. The molecule has 0 spiro atoms. The van der Waals surface area contributed by atoms with Crippen LogP contribution in [0.4, 0.5) is 0 Å². The third-order valence-electron chi connectivity index (χ3n) is 2.66. The maximum absolute atomic E-state index is 11.5. The van der Waals surface area contributed by atoms with Crippen LogP contribution in [0.25, 0.3) is 0 Å². The molecule has 0 radical (unpaired) electrons. The van der Waals surface area contributed by atoms with E-state index in [4.69, 9.17) is 11.6 Å². The molecule has 0 unspecified atom stereocenters. The maximum Gasteiger partial charge on any atom is 0.222 e. The van der Waals surface area contributed by atoms with E-state index in [0.29, 0.717) is 12.3 Å². The second-order valence-corrected chi connectivity index (χ2v) is 4.23. The molecule has 0 aromatic carbocycles. The minimum atomic E-state index is 0.285. The Morgan fingerprint density at radius 1 is 1.46 bits per heavy atom. The number of likely N-dealkylation sites (tertiary alicyclic amines) is 1. The van der Waals surface area contributed by atoms with E-state index in [-0.39, 0.29) is 5.91 Å². The third-order valence-corrected chi connectivity index (χ3v) is 2.93. The van der Waals surface area contributed by atoms with Crippen LogP contribution in [0.1, 0.15) is 32.6 Å². The van der Waals surface area contributed by atoms with Crippen LogP contribution in [-0.2, 0) is 4.79 Å². The molecule has 0 aromatic heterocycles. The molecule has 0 aromatic rings. The van der Waals surface area contributed by atoms with Gasteiger partial charge in [-0.1, -0.05) is 6.92 Å². The van der Waals surface area contributed by atoms with E-state index >= 15 is 0 Å². The van der Waals surface area contributed by atoms with E-state index < -0.39 is 0 Å². The molecule has 1 heterocycles. The van der Waals surface area contributed by atoms with E-state index in [0.717, 1.165) is 38.3 Å². The summed E-state index contributed by atoms with van der Waals surface area (Å²) in [6, 6.07) is 0. The highest BCUT2D eigenvalue weighted by Crippen LogP contribution is 2.16. The summed E-state index contributed by atoms with van der Waals surface area (Å²) in [4.78, 5) is 13.5. The van der Waals surface area contributed by atoms with Crippen LogP contribution in [0.3, 0.4) is 0 Å². The van der Waals surface area contributed by atoms with Gasteiger partial charge in [-0.15, -0.1) is 11.6 Å². The molecular weight excluding hydrogens is 186 g/mol. The first-order valence-corrected chi connectivity index (χ1v) is 5.61. The highest BCUT2D eigenvalue weighted by molar-refractivity contribution is 6.17. The molecule has 1 aliphatic rings. The standard InChI is InChI=1S/C10H18ClNO/c1-9-4-7-12(8-5-9)10(13)3-2-6-11/h9H,2-8H2,1H3. The van der Waals surface area contributed by atoms with Gasteiger partial charge in [0.1, 0.15) is 0 Å². The molecule has 0 N–H and O–H groups in total. The van der Waals surface area contributed by atoms with Crippen molar-refractivity contribution in [1.29, 1.82) is 0 Å². The monoisotopic (exact) mass is 203 g/mol. The summed E-state index contributed by atoms with van der Waals surface area (Å²) in [5.74, 6) is 1.67. The number of rotatable bonds is 3. The summed E-state index contributed by atoms with van der Waals surface area (Å²) < 4.78 is 0. The summed E-state index contributed by atoms with van der Waals surface area (Å²) in [5, 5.41) is 0. The quantitative estimate of drug-likeness (QED) is 0.645. The first-order chi connectivity index (χ1) is 6.24. The fourth-order valence-corrected chi connectivity index (χ4v) is 1.77. The predicted molar refractivity (Wildman–Crippen MR) is 54.9 cm³/mol. The lowest BCUT2D eigenvalue weighted by molar-refractivity contribution is -0.132. The normalized spacial score (nSPS) is 19.1. The Morgan fingerprint density at radius 2 is 2.08 bits per heavy atom. The SMILES string of the molecule is CC1CCN(C(=O)CCCCl)CC1. The lowest BCUT2D eigenvalue weighted by Gasteiger charge is -2.30. The number of carbonyl (C=O) groups excluding carboxylic acids is 1. The number of alkyl halides is 1. The topological polar surface area (TPSA) is 20.3 Å². The highest BCUT2D eigenvalue weighted by Gasteiger charge is 2.19. The molecule has 1 fully saturated rings. The minimum Gasteiger partial charge on any atom is -0.343 e. The van der Waals surface area contributed by atoms with Gasteiger partial charge in [0.25, 0.3) is 0 Å². The molecular formula is C10H18ClNO. The number of piperidine rings is 1. The third kappa shape index (κ3) is 3.55. The number of halogens is 1. The van der Waals surface area contributed by atoms with Crippen LogP contribution >= 0.6 is 11.6 Å². The largest absolute Gasteiger partial charge is 0.343 e. The van der Waals surface area contributed by atoms with Crippen LogP contribution < -0.4 is 0 Å². The second-order valence-electron chi connectivity index (χ2n) is 3.86. The second kappa shape index (κ2) is 5.48. The van der Waals surface area contributed by atoms with Gasteiger partial charge in [-0.05, 0) is 25.2 Å². The number of amides is 1. The van der Waals surface area contributed by atoms with Crippen molar-refractivity contribution in [3.8, 4) is 0 Å². The fraction of sp³-hybridized carbons (Fsp3) is 0.900. The summed E-state index contributed by atoms with van der Waals surface area (Å²) >= 11 is 5.54. The van der Waals surface area contributed by atoms with Crippen molar-refractivity contribution in [2.45, 2.75) is 32.6 Å². The van der Waals surface area contributed by atoms with Crippen molar-refractivity contribution in [3.05, 3.63) is 0 Å². The number of carbonyl (C=O) groups is 1. The zero-order valence-electron chi connectivity index (χ0n) is 8.26. The van der Waals surface area contributed by atoms with Crippen molar-refractivity contribution in [3.63, 3.8) is 0 Å². The van der Waals surface area contributed by atoms with E-state index in [1.807, 2.05) is 4.90 Å². The number of hydrogen-bond donors (Lipinski definition) is 0. The Morgan fingerprint density at radius 3 is 2.62 bits per heavy atom. The summed E-state index contributed by atoms with van der Waals surface area (Å²) in [6.45, 7) is 4.14. The van der Waals surface area contributed by atoms with Crippen LogP contribution in [0.5, 0.6) is 0 Å². The Balaban J connectivity index is 2.23. The molecule has 2 nitrogen and oxygen atoms in total. The van der Waals surface area contributed by atoms with Gasteiger partial charge in [0.15, 0.2) is 0 Å². The molecule has 76 valence electrons. The van der Waals surface area contributed by atoms with E-state index in [9.17, 15) is 4.79 Å².